The molecule has 4 rings (SSSR count). The molecule has 1 heterocycles. The lowest BCUT2D eigenvalue weighted by Crippen LogP contribution is -2.11. The van der Waals surface area contributed by atoms with Crippen molar-refractivity contribution in [2.24, 2.45) is 5.92 Å². The van der Waals surface area contributed by atoms with Gasteiger partial charge in [-0.15, -0.1) is 0 Å². The monoisotopic (exact) mass is 388 g/mol. The number of carbonyl (C=O) groups is 1. The smallest absolute Gasteiger partial charge is 0.224 e. The number of hydrogen-bond acceptors (Lipinski definition) is 5. The third-order valence-corrected chi connectivity index (χ3v) is 4.93. The Kier molecular flexibility index (Phi) is 5.81. The van der Waals surface area contributed by atoms with Gasteiger partial charge in [0.25, 0.3) is 0 Å². The number of aromatic nitrogens is 2. The van der Waals surface area contributed by atoms with Gasteiger partial charge >= 0.3 is 0 Å². The number of amides is 1. The summed E-state index contributed by atoms with van der Waals surface area (Å²) in [5, 5.41) is 2.95. The number of nitrogens with two attached hydrogens (primary N) is 1. The molecule has 29 heavy (non-hydrogen) atoms. The van der Waals surface area contributed by atoms with E-state index in [1.54, 1.807) is 0 Å². The molecule has 2 aromatic carbocycles. The predicted octanol–water partition coefficient (Wildman–Crippen LogP) is 4.18. The first-order chi connectivity index (χ1) is 14.2. The van der Waals surface area contributed by atoms with Crippen LogP contribution in [0.2, 0.25) is 0 Å². The Balaban J connectivity index is 1.44. The van der Waals surface area contributed by atoms with Crippen molar-refractivity contribution in [1.82, 2.24) is 9.97 Å². The Morgan fingerprint density at radius 1 is 1.03 bits per heavy atom. The van der Waals surface area contributed by atoms with E-state index in [4.69, 9.17) is 10.5 Å². The van der Waals surface area contributed by atoms with Crippen LogP contribution in [0, 0.1) is 5.92 Å². The highest BCUT2D eigenvalue weighted by atomic mass is 16.5. The summed E-state index contributed by atoms with van der Waals surface area (Å²) in [6.45, 7) is 0.826. The average molecular weight is 388 g/mol. The molecule has 0 atom stereocenters. The fourth-order valence-corrected chi connectivity index (χ4v) is 3.22. The van der Waals surface area contributed by atoms with E-state index in [-0.39, 0.29) is 5.91 Å². The molecule has 148 valence electrons. The lowest BCUT2D eigenvalue weighted by atomic mass is 10.0. The molecule has 6 heteroatoms. The van der Waals surface area contributed by atoms with Crippen LogP contribution in [0.25, 0.3) is 11.1 Å². The van der Waals surface area contributed by atoms with E-state index in [1.165, 1.54) is 6.33 Å². The highest BCUT2D eigenvalue weighted by molar-refractivity contribution is 5.91. The van der Waals surface area contributed by atoms with E-state index in [0.29, 0.717) is 31.4 Å². The molecule has 0 spiro atoms. The van der Waals surface area contributed by atoms with E-state index < -0.39 is 0 Å². The summed E-state index contributed by atoms with van der Waals surface area (Å²) in [5.41, 5.74) is 10.4. The highest BCUT2D eigenvalue weighted by Gasteiger charge is 2.24. The topological polar surface area (TPSA) is 90.1 Å². The van der Waals surface area contributed by atoms with Crippen LogP contribution in [0.5, 0.6) is 0 Å². The van der Waals surface area contributed by atoms with Gasteiger partial charge in [-0.2, -0.15) is 0 Å². The molecule has 1 aliphatic carbocycles. The fraction of sp³-hybridized carbons (Fsp3) is 0.261. The van der Waals surface area contributed by atoms with Crippen molar-refractivity contribution in [3.05, 3.63) is 72.2 Å². The molecule has 0 unspecified atom stereocenters. The van der Waals surface area contributed by atoms with E-state index in [9.17, 15) is 4.79 Å². The second kappa shape index (κ2) is 8.84. The van der Waals surface area contributed by atoms with Crippen LogP contribution < -0.4 is 11.1 Å². The lowest BCUT2D eigenvalue weighted by molar-refractivity contribution is -0.116. The second-order valence-electron chi connectivity index (χ2n) is 7.33. The van der Waals surface area contributed by atoms with E-state index in [1.807, 2.05) is 54.6 Å². The van der Waals surface area contributed by atoms with E-state index in [2.05, 4.69) is 15.3 Å². The minimum Gasteiger partial charge on any atom is -0.383 e. The largest absolute Gasteiger partial charge is 0.383 e. The predicted molar refractivity (Wildman–Crippen MR) is 113 cm³/mol. The summed E-state index contributed by atoms with van der Waals surface area (Å²) in [6, 6.07) is 17.6. The number of carbonyl (C=O) groups excluding carboxylic acids is 1. The first kappa shape index (κ1) is 19.1. The molecule has 0 bridgehead atoms. The lowest BCUT2D eigenvalue weighted by Gasteiger charge is -2.12. The van der Waals surface area contributed by atoms with Gasteiger partial charge in [0.1, 0.15) is 12.1 Å². The van der Waals surface area contributed by atoms with E-state index in [0.717, 1.165) is 40.9 Å². The molecule has 0 radical (unpaired) electrons. The van der Waals surface area contributed by atoms with Gasteiger partial charge in [-0.05, 0) is 42.0 Å². The molecule has 0 saturated heterocycles. The summed E-state index contributed by atoms with van der Waals surface area (Å²) in [6.07, 6.45) is 4.38. The zero-order valence-electron chi connectivity index (χ0n) is 16.2. The van der Waals surface area contributed by atoms with Gasteiger partial charge in [0.15, 0.2) is 0 Å². The second-order valence-corrected chi connectivity index (χ2v) is 7.33. The number of benzene rings is 2. The maximum absolute atomic E-state index is 12.0. The first-order valence-corrected chi connectivity index (χ1v) is 9.80. The van der Waals surface area contributed by atoms with Crippen LogP contribution in [0.1, 0.15) is 30.5 Å². The fourth-order valence-electron chi connectivity index (χ4n) is 3.22. The molecular weight excluding hydrogens is 364 g/mol. The van der Waals surface area contributed by atoms with Crippen LogP contribution in [-0.4, -0.2) is 15.9 Å². The summed E-state index contributed by atoms with van der Waals surface area (Å²) in [7, 11) is 0. The average Bonchev–Trinajstić information content (AvgIpc) is 3.54. The van der Waals surface area contributed by atoms with Gasteiger partial charge in [0.05, 0.1) is 18.9 Å². The molecule has 0 aliphatic heterocycles. The Bertz CT molecular complexity index is 970. The summed E-state index contributed by atoms with van der Waals surface area (Å²) >= 11 is 0. The van der Waals surface area contributed by atoms with Gasteiger partial charge in [-0.1, -0.05) is 42.5 Å². The molecule has 6 nitrogen and oxygen atoms in total. The molecule has 3 N–H and O–H groups in total. The molecular formula is C23H24N4O2. The molecule has 3 aromatic rings. The normalized spacial score (nSPS) is 13.2. The quantitative estimate of drug-likeness (QED) is 0.604. The maximum atomic E-state index is 12.0. The number of nitrogens with one attached hydrogen (secondary N) is 1. The highest BCUT2D eigenvalue weighted by Crippen LogP contribution is 2.33. The molecule has 1 aliphatic rings. The van der Waals surface area contributed by atoms with Gasteiger partial charge in [0.2, 0.25) is 5.91 Å². The number of ether oxygens (including phenoxy) is 1. The zero-order chi connectivity index (χ0) is 20.1. The van der Waals surface area contributed by atoms with Crippen molar-refractivity contribution in [2.45, 2.75) is 32.5 Å². The standard InChI is InChI=1S/C23H24N4O2/c24-23-22(18-8-10-19(11-9-18)27-21(28)12-16-6-7-16)20(25-15-26-23)14-29-13-17-4-2-1-3-5-17/h1-5,8-11,15-16H,6-7,12-14H2,(H,27,28)(H2,24,25,26). The van der Waals surface area contributed by atoms with Gasteiger partial charge < -0.3 is 15.8 Å². The summed E-state index contributed by atoms with van der Waals surface area (Å²) < 4.78 is 5.84. The Morgan fingerprint density at radius 3 is 2.52 bits per heavy atom. The Hall–Kier alpha value is -3.25. The summed E-state index contributed by atoms with van der Waals surface area (Å²) in [5.74, 6) is 1.04. The van der Waals surface area contributed by atoms with Crippen molar-refractivity contribution in [2.75, 3.05) is 11.1 Å². The molecule has 1 aromatic heterocycles. The van der Waals surface area contributed by atoms with Crippen molar-refractivity contribution in [1.29, 1.82) is 0 Å². The van der Waals surface area contributed by atoms with E-state index >= 15 is 0 Å². The van der Waals surface area contributed by atoms with Crippen molar-refractivity contribution in [3.8, 4) is 11.1 Å². The Morgan fingerprint density at radius 2 is 1.79 bits per heavy atom. The maximum Gasteiger partial charge on any atom is 0.224 e. The van der Waals surface area contributed by atoms with Crippen LogP contribution in [0.4, 0.5) is 11.5 Å². The van der Waals surface area contributed by atoms with Crippen molar-refractivity contribution >= 4 is 17.4 Å². The van der Waals surface area contributed by atoms with Gasteiger partial charge in [0, 0.05) is 17.7 Å². The SMILES string of the molecule is Nc1ncnc(COCc2ccccc2)c1-c1ccc(NC(=O)CC2CC2)cc1. The molecule has 1 fully saturated rings. The van der Waals surface area contributed by atoms with Crippen LogP contribution >= 0.6 is 0 Å². The minimum atomic E-state index is 0.0674. The van der Waals surface area contributed by atoms with Crippen LogP contribution in [0.3, 0.4) is 0 Å². The summed E-state index contributed by atoms with van der Waals surface area (Å²) in [4.78, 5) is 20.5. The van der Waals surface area contributed by atoms with Gasteiger partial charge in [-0.3, -0.25) is 4.79 Å². The van der Waals surface area contributed by atoms with Crippen molar-refractivity contribution < 1.29 is 9.53 Å². The van der Waals surface area contributed by atoms with Crippen LogP contribution in [0.15, 0.2) is 60.9 Å². The first-order valence-electron chi connectivity index (χ1n) is 9.80. The third-order valence-electron chi connectivity index (χ3n) is 4.93. The Labute approximate surface area is 170 Å². The third kappa shape index (κ3) is 5.18. The molecule has 1 amide bonds. The number of hydrogen-bond donors (Lipinski definition) is 2. The molecule has 1 saturated carbocycles. The number of nitrogens with zero attached hydrogens (tertiary/aromatic N) is 2. The van der Waals surface area contributed by atoms with Crippen LogP contribution in [-0.2, 0) is 22.7 Å². The number of nitrogen functional groups attached to an aromatic ring is 1. The van der Waals surface area contributed by atoms with Gasteiger partial charge in [-0.25, -0.2) is 9.97 Å². The van der Waals surface area contributed by atoms with Crippen molar-refractivity contribution in [3.63, 3.8) is 0 Å². The zero-order valence-corrected chi connectivity index (χ0v) is 16.2. The number of rotatable bonds is 8. The number of anilines is 2. The minimum absolute atomic E-state index is 0.0674.